The van der Waals surface area contributed by atoms with Crippen LogP contribution in [0.15, 0.2) is 0 Å². The predicted molar refractivity (Wildman–Crippen MR) is 73.6 cm³/mol. The molecule has 0 aromatic carbocycles. The zero-order chi connectivity index (χ0) is 12.8. The van der Waals surface area contributed by atoms with Crippen molar-refractivity contribution < 1.29 is 9.84 Å². The minimum atomic E-state index is -0.0517. The number of methoxy groups -OCH3 is 1. The van der Waals surface area contributed by atoms with Gasteiger partial charge in [0.1, 0.15) is 0 Å². The Morgan fingerprint density at radius 1 is 1.06 bits per heavy atom. The molecule has 0 amide bonds. The van der Waals surface area contributed by atoms with E-state index < -0.39 is 0 Å². The van der Waals surface area contributed by atoms with E-state index in [1.807, 2.05) is 0 Å². The summed E-state index contributed by atoms with van der Waals surface area (Å²) in [5, 5.41) is 10.2. The van der Waals surface area contributed by atoms with Crippen LogP contribution in [0.4, 0.5) is 0 Å². The van der Waals surface area contributed by atoms with E-state index in [0.29, 0.717) is 5.92 Å². The van der Waals surface area contributed by atoms with Gasteiger partial charge in [-0.1, -0.05) is 19.3 Å². The van der Waals surface area contributed by atoms with E-state index in [1.54, 1.807) is 7.11 Å². The van der Waals surface area contributed by atoms with Crippen molar-refractivity contribution in [3.8, 4) is 0 Å². The minimum absolute atomic E-state index is 0.0517. The summed E-state index contributed by atoms with van der Waals surface area (Å²) in [6.07, 6.45) is 8.54. The molecule has 1 heterocycles. The van der Waals surface area contributed by atoms with Crippen LogP contribution in [0.1, 0.15) is 44.9 Å². The molecule has 1 saturated heterocycles. The van der Waals surface area contributed by atoms with E-state index in [0.717, 1.165) is 25.5 Å². The van der Waals surface area contributed by atoms with E-state index in [2.05, 4.69) is 4.90 Å². The lowest BCUT2D eigenvalue weighted by Gasteiger charge is -2.35. The van der Waals surface area contributed by atoms with Crippen LogP contribution in [-0.4, -0.2) is 49.5 Å². The molecule has 18 heavy (non-hydrogen) atoms. The van der Waals surface area contributed by atoms with Crippen molar-refractivity contribution in [2.24, 2.45) is 11.8 Å². The smallest absolute Gasteiger partial charge is 0.0580 e. The average Bonchev–Trinajstić information content (AvgIpc) is 2.58. The number of ether oxygens (including phenoxy) is 1. The molecule has 2 fully saturated rings. The Kier molecular flexibility index (Phi) is 5.93. The molecule has 2 unspecified atom stereocenters. The highest BCUT2D eigenvalue weighted by molar-refractivity contribution is 4.79. The van der Waals surface area contributed by atoms with Gasteiger partial charge in [0.05, 0.1) is 6.10 Å². The Morgan fingerprint density at radius 3 is 2.50 bits per heavy atom. The van der Waals surface area contributed by atoms with Crippen LogP contribution in [0.3, 0.4) is 0 Å². The molecule has 1 aliphatic heterocycles. The largest absolute Gasteiger partial charge is 0.393 e. The van der Waals surface area contributed by atoms with Crippen LogP contribution in [0, 0.1) is 11.8 Å². The second-order valence-corrected chi connectivity index (χ2v) is 6.16. The third-order valence-electron chi connectivity index (χ3n) is 4.72. The van der Waals surface area contributed by atoms with Crippen molar-refractivity contribution in [3.63, 3.8) is 0 Å². The highest BCUT2D eigenvalue weighted by atomic mass is 16.5. The topological polar surface area (TPSA) is 32.7 Å². The van der Waals surface area contributed by atoms with E-state index in [4.69, 9.17) is 4.74 Å². The quantitative estimate of drug-likeness (QED) is 0.782. The zero-order valence-corrected chi connectivity index (χ0v) is 11.8. The van der Waals surface area contributed by atoms with E-state index >= 15 is 0 Å². The minimum Gasteiger partial charge on any atom is -0.393 e. The van der Waals surface area contributed by atoms with Crippen LogP contribution in [0.2, 0.25) is 0 Å². The first-order valence-corrected chi connectivity index (χ1v) is 7.69. The number of hydrogen-bond acceptors (Lipinski definition) is 3. The van der Waals surface area contributed by atoms with Gasteiger partial charge in [0.25, 0.3) is 0 Å². The summed E-state index contributed by atoms with van der Waals surface area (Å²) in [4.78, 5) is 2.56. The number of piperidine rings is 1. The molecule has 0 spiro atoms. The summed E-state index contributed by atoms with van der Waals surface area (Å²) in [6, 6.07) is 0. The molecule has 0 aromatic heterocycles. The van der Waals surface area contributed by atoms with Crippen molar-refractivity contribution in [3.05, 3.63) is 0 Å². The fraction of sp³-hybridized carbons (Fsp3) is 1.00. The van der Waals surface area contributed by atoms with E-state index in [1.165, 1.54) is 51.6 Å². The van der Waals surface area contributed by atoms with Crippen LogP contribution in [0.5, 0.6) is 0 Å². The number of aliphatic hydroxyl groups excluding tert-OH is 1. The monoisotopic (exact) mass is 255 g/mol. The molecule has 1 N–H and O–H groups in total. The Morgan fingerprint density at radius 2 is 1.78 bits per heavy atom. The molecule has 0 bridgehead atoms. The van der Waals surface area contributed by atoms with Gasteiger partial charge in [0.15, 0.2) is 0 Å². The maximum atomic E-state index is 10.2. The van der Waals surface area contributed by atoms with Gasteiger partial charge in [0, 0.05) is 20.3 Å². The van der Waals surface area contributed by atoms with Gasteiger partial charge in [-0.05, 0) is 50.6 Å². The van der Waals surface area contributed by atoms with Crippen molar-refractivity contribution >= 4 is 0 Å². The summed E-state index contributed by atoms with van der Waals surface area (Å²) in [7, 11) is 1.80. The third-order valence-corrected chi connectivity index (χ3v) is 4.72. The second-order valence-electron chi connectivity index (χ2n) is 6.16. The molecule has 0 aromatic rings. The molecule has 2 rings (SSSR count). The molecule has 2 atom stereocenters. The predicted octanol–water partition coefficient (Wildman–Crippen LogP) is 2.29. The molecule has 3 nitrogen and oxygen atoms in total. The summed E-state index contributed by atoms with van der Waals surface area (Å²) in [5.74, 6) is 1.27. The Balaban J connectivity index is 1.73. The van der Waals surface area contributed by atoms with E-state index in [-0.39, 0.29) is 6.10 Å². The first kappa shape index (κ1) is 14.3. The van der Waals surface area contributed by atoms with Crippen molar-refractivity contribution in [2.75, 3.05) is 33.4 Å². The van der Waals surface area contributed by atoms with Crippen LogP contribution < -0.4 is 0 Å². The highest BCUT2D eigenvalue weighted by Gasteiger charge is 2.26. The summed E-state index contributed by atoms with van der Waals surface area (Å²) >= 11 is 0. The number of aliphatic hydroxyl groups is 1. The van der Waals surface area contributed by atoms with Crippen molar-refractivity contribution in [2.45, 2.75) is 51.0 Å². The fourth-order valence-electron chi connectivity index (χ4n) is 3.48. The van der Waals surface area contributed by atoms with Gasteiger partial charge >= 0.3 is 0 Å². The van der Waals surface area contributed by atoms with Gasteiger partial charge in [-0.25, -0.2) is 0 Å². The zero-order valence-electron chi connectivity index (χ0n) is 11.8. The summed E-state index contributed by atoms with van der Waals surface area (Å²) in [5.41, 5.74) is 0. The molecule has 1 saturated carbocycles. The number of nitrogens with zero attached hydrogens (tertiary/aromatic N) is 1. The summed E-state index contributed by atoms with van der Waals surface area (Å²) < 4.78 is 5.24. The standard InChI is InChI=1S/C15H29NO2/c1-18-12-13-7-9-16(10-8-13)11-14-5-3-2-4-6-15(14)17/h13-15,17H,2-12H2,1H3. The molecular formula is C15H29NO2. The van der Waals surface area contributed by atoms with Crippen molar-refractivity contribution in [1.29, 1.82) is 0 Å². The van der Waals surface area contributed by atoms with Gasteiger partial charge in [0.2, 0.25) is 0 Å². The average molecular weight is 255 g/mol. The summed E-state index contributed by atoms with van der Waals surface area (Å²) in [6.45, 7) is 4.41. The lowest BCUT2D eigenvalue weighted by atomic mass is 9.93. The first-order chi connectivity index (χ1) is 8.79. The molecular weight excluding hydrogens is 226 g/mol. The second kappa shape index (κ2) is 7.46. The Labute approximate surface area is 112 Å². The molecule has 106 valence electrons. The normalized spacial score (nSPS) is 32.3. The van der Waals surface area contributed by atoms with Crippen molar-refractivity contribution in [1.82, 2.24) is 4.90 Å². The number of hydrogen-bond donors (Lipinski definition) is 1. The highest BCUT2D eigenvalue weighted by Crippen LogP contribution is 2.26. The number of rotatable bonds is 4. The lowest BCUT2D eigenvalue weighted by molar-refractivity contribution is 0.0513. The maximum Gasteiger partial charge on any atom is 0.0580 e. The first-order valence-electron chi connectivity index (χ1n) is 7.69. The Hall–Kier alpha value is -0.120. The van der Waals surface area contributed by atoms with Crippen LogP contribution >= 0.6 is 0 Å². The van der Waals surface area contributed by atoms with Gasteiger partial charge in [-0.15, -0.1) is 0 Å². The third kappa shape index (κ3) is 4.22. The van der Waals surface area contributed by atoms with Crippen LogP contribution in [0.25, 0.3) is 0 Å². The van der Waals surface area contributed by atoms with E-state index in [9.17, 15) is 5.11 Å². The Bertz CT molecular complexity index is 227. The maximum absolute atomic E-state index is 10.2. The lowest BCUT2D eigenvalue weighted by Crippen LogP contribution is -2.40. The molecule has 3 heteroatoms. The van der Waals surface area contributed by atoms with Crippen LogP contribution in [-0.2, 0) is 4.74 Å². The number of likely N-dealkylation sites (tertiary alicyclic amines) is 1. The van der Waals surface area contributed by atoms with Gasteiger partial charge in [-0.2, -0.15) is 0 Å². The van der Waals surface area contributed by atoms with Gasteiger partial charge in [-0.3, -0.25) is 0 Å². The molecule has 1 aliphatic carbocycles. The molecule has 2 aliphatic rings. The SMILES string of the molecule is COCC1CCN(CC2CCCCCC2O)CC1. The fourth-order valence-corrected chi connectivity index (χ4v) is 3.48. The molecule has 0 radical (unpaired) electrons. The van der Waals surface area contributed by atoms with Gasteiger partial charge < -0.3 is 14.7 Å².